The fourth-order valence-corrected chi connectivity index (χ4v) is 4.38. The second-order valence-corrected chi connectivity index (χ2v) is 8.43. The molecule has 1 aliphatic heterocycles. The highest BCUT2D eigenvalue weighted by Gasteiger charge is 2.34. The van der Waals surface area contributed by atoms with Crippen LogP contribution in [0.25, 0.3) is 0 Å². The number of pyridine rings is 1. The molecular weight excluding hydrogens is 436 g/mol. The molecule has 2 aromatic carbocycles. The lowest BCUT2D eigenvalue weighted by Gasteiger charge is -2.22. The Labute approximate surface area is 196 Å². The van der Waals surface area contributed by atoms with Gasteiger partial charge in [0.25, 0.3) is 5.91 Å². The molecule has 4 aromatic rings. The van der Waals surface area contributed by atoms with Crippen LogP contribution in [0.2, 0.25) is 0 Å². The Morgan fingerprint density at radius 1 is 1.03 bits per heavy atom. The van der Waals surface area contributed by atoms with Crippen molar-refractivity contribution in [2.24, 2.45) is 0 Å². The van der Waals surface area contributed by atoms with Crippen molar-refractivity contribution in [1.82, 2.24) is 14.9 Å². The van der Waals surface area contributed by atoms with E-state index in [9.17, 15) is 13.6 Å². The van der Waals surface area contributed by atoms with Crippen LogP contribution in [0.5, 0.6) is 0 Å². The number of halogens is 2. The van der Waals surface area contributed by atoms with E-state index in [0.29, 0.717) is 47.9 Å². The van der Waals surface area contributed by atoms with E-state index in [2.05, 4.69) is 9.97 Å². The van der Waals surface area contributed by atoms with Crippen LogP contribution >= 0.6 is 0 Å². The molecule has 0 bridgehead atoms. The first-order valence-electron chi connectivity index (χ1n) is 11.2. The van der Waals surface area contributed by atoms with E-state index in [-0.39, 0.29) is 23.6 Å². The van der Waals surface area contributed by atoms with E-state index in [1.54, 1.807) is 53.7 Å². The topological polar surface area (TPSA) is 59.2 Å². The minimum absolute atomic E-state index is 0.135. The number of rotatable bonds is 6. The Kier molecular flexibility index (Phi) is 6.16. The summed E-state index contributed by atoms with van der Waals surface area (Å²) in [5.41, 5.74) is 2.45. The molecule has 0 unspecified atom stereocenters. The van der Waals surface area contributed by atoms with Crippen molar-refractivity contribution >= 4 is 5.91 Å². The van der Waals surface area contributed by atoms with E-state index in [1.807, 2.05) is 6.07 Å². The molecule has 1 fully saturated rings. The molecule has 2 aromatic heterocycles. The molecule has 0 spiro atoms. The molecule has 1 saturated heterocycles. The minimum Gasteiger partial charge on any atom is -0.443 e. The van der Waals surface area contributed by atoms with Crippen molar-refractivity contribution in [2.75, 3.05) is 6.54 Å². The van der Waals surface area contributed by atoms with Crippen LogP contribution in [0, 0.1) is 11.6 Å². The zero-order valence-corrected chi connectivity index (χ0v) is 18.5. The van der Waals surface area contributed by atoms with Crippen molar-refractivity contribution in [3.63, 3.8) is 0 Å². The van der Waals surface area contributed by atoms with E-state index in [4.69, 9.17) is 4.42 Å². The van der Waals surface area contributed by atoms with Gasteiger partial charge in [-0.3, -0.25) is 9.78 Å². The van der Waals surface area contributed by atoms with Gasteiger partial charge in [0.1, 0.15) is 23.4 Å². The van der Waals surface area contributed by atoms with Crippen LogP contribution in [0.4, 0.5) is 8.78 Å². The van der Waals surface area contributed by atoms with Crippen molar-refractivity contribution in [2.45, 2.75) is 31.7 Å². The number of carbonyl (C=O) groups excluding carboxylic acids is 1. The lowest BCUT2D eigenvalue weighted by Crippen LogP contribution is -2.30. The fraction of sp³-hybridized carbons (Fsp3) is 0.222. The van der Waals surface area contributed by atoms with Crippen molar-refractivity contribution in [1.29, 1.82) is 0 Å². The van der Waals surface area contributed by atoms with Gasteiger partial charge in [-0.2, -0.15) is 0 Å². The maximum absolute atomic E-state index is 14.0. The van der Waals surface area contributed by atoms with Gasteiger partial charge in [-0.15, -0.1) is 0 Å². The zero-order valence-electron chi connectivity index (χ0n) is 18.5. The van der Waals surface area contributed by atoms with E-state index < -0.39 is 0 Å². The third-order valence-corrected chi connectivity index (χ3v) is 6.03. The molecule has 1 aliphatic rings. The predicted octanol–water partition coefficient (Wildman–Crippen LogP) is 5.51. The average molecular weight is 459 g/mol. The molecule has 7 heteroatoms. The van der Waals surface area contributed by atoms with Crippen LogP contribution in [-0.2, 0) is 12.8 Å². The van der Waals surface area contributed by atoms with Gasteiger partial charge >= 0.3 is 0 Å². The standard InChI is InChI=1S/C27H23F2N3O2/c28-21-7-3-5-18(13-21)14-23-17-31-26(34-23)25-9-4-12-32(25)27(33)20-10-11-30-22(16-20)15-19-6-1-2-8-24(19)29/h1-3,5-8,10-11,13,16-17,25H,4,9,12,14-15H2/t25-/m0/s1. The summed E-state index contributed by atoms with van der Waals surface area (Å²) in [7, 11) is 0. The number of benzene rings is 2. The lowest BCUT2D eigenvalue weighted by molar-refractivity contribution is 0.0714. The maximum Gasteiger partial charge on any atom is 0.254 e. The second kappa shape index (κ2) is 9.55. The summed E-state index contributed by atoms with van der Waals surface area (Å²) in [4.78, 5) is 23.8. The number of aromatic nitrogens is 2. The van der Waals surface area contributed by atoms with Gasteiger partial charge in [0.2, 0.25) is 5.89 Å². The Hall–Kier alpha value is -3.87. The quantitative estimate of drug-likeness (QED) is 0.382. The molecule has 3 heterocycles. The van der Waals surface area contributed by atoms with Gasteiger partial charge in [0.15, 0.2) is 0 Å². The summed E-state index contributed by atoms with van der Waals surface area (Å²) in [6, 6.07) is 16.0. The largest absolute Gasteiger partial charge is 0.443 e. The monoisotopic (exact) mass is 459 g/mol. The number of oxazole rings is 1. The molecule has 1 amide bonds. The van der Waals surface area contributed by atoms with Crippen LogP contribution in [-0.4, -0.2) is 27.3 Å². The molecule has 0 aliphatic carbocycles. The summed E-state index contributed by atoms with van der Waals surface area (Å²) >= 11 is 0. The number of hydrogen-bond donors (Lipinski definition) is 0. The SMILES string of the molecule is O=C(c1ccnc(Cc2ccccc2F)c1)N1CCC[C@H]1c1ncc(Cc2cccc(F)c2)o1. The Bertz CT molecular complexity index is 1320. The number of hydrogen-bond acceptors (Lipinski definition) is 4. The zero-order chi connectivity index (χ0) is 23.5. The van der Waals surface area contributed by atoms with Crippen LogP contribution < -0.4 is 0 Å². The summed E-state index contributed by atoms with van der Waals surface area (Å²) < 4.78 is 33.5. The molecule has 172 valence electrons. The number of nitrogens with zero attached hydrogens (tertiary/aromatic N) is 3. The lowest BCUT2D eigenvalue weighted by atomic mass is 10.1. The maximum atomic E-state index is 14.0. The summed E-state index contributed by atoms with van der Waals surface area (Å²) in [5.74, 6) is 0.383. The van der Waals surface area contributed by atoms with Crippen molar-refractivity contribution in [3.8, 4) is 0 Å². The van der Waals surface area contributed by atoms with E-state index >= 15 is 0 Å². The van der Waals surface area contributed by atoms with Gasteiger partial charge < -0.3 is 9.32 Å². The van der Waals surface area contributed by atoms with Gasteiger partial charge in [-0.25, -0.2) is 13.8 Å². The number of likely N-dealkylation sites (tertiary alicyclic amines) is 1. The van der Waals surface area contributed by atoms with E-state index in [1.165, 1.54) is 18.2 Å². The van der Waals surface area contributed by atoms with Crippen LogP contribution in [0.15, 0.2) is 77.5 Å². The van der Waals surface area contributed by atoms with Crippen molar-refractivity contribution in [3.05, 3.63) is 119 Å². The Balaban J connectivity index is 1.32. The fourth-order valence-electron chi connectivity index (χ4n) is 4.38. The van der Waals surface area contributed by atoms with E-state index in [0.717, 1.165) is 18.4 Å². The highest BCUT2D eigenvalue weighted by molar-refractivity contribution is 5.94. The number of carbonyl (C=O) groups is 1. The van der Waals surface area contributed by atoms with Gasteiger partial charge in [-0.1, -0.05) is 30.3 Å². The van der Waals surface area contributed by atoms with Gasteiger partial charge in [-0.05, 0) is 54.3 Å². The molecule has 0 radical (unpaired) electrons. The molecule has 0 saturated carbocycles. The normalized spacial score (nSPS) is 15.6. The molecule has 34 heavy (non-hydrogen) atoms. The molecular formula is C27H23F2N3O2. The first-order valence-corrected chi connectivity index (χ1v) is 11.2. The molecule has 5 nitrogen and oxygen atoms in total. The minimum atomic E-state index is -0.295. The molecule has 5 rings (SSSR count). The second-order valence-electron chi connectivity index (χ2n) is 8.43. The van der Waals surface area contributed by atoms with Gasteiger partial charge in [0, 0.05) is 36.8 Å². The third-order valence-electron chi connectivity index (χ3n) is 6.03. The van der Waals surface area contributed by atoms with Crippen LogP contribution in [0.3, 0.4) is 0 Å². The predicted molar refractivity (Wildman–Crippen MR) is 122 cm³/mol. The Morgan fingerprint density at radius 3 is 2.76 bits per heavy atom. The number of amides is 1. The highest BCUT2D eigenvalue weighted by atomic mass is 19.1. The summed E-state index contributed by atoms with van der Waals surface area (Å²) in [5, 5.41) is 0. The molecule has 1 atom stereocenters. The summed E-state index contributed by atoms with van der Waals surface area (Å²) in [6.07, 6.45) is 5.54. The first-order chi connectivity index (χ1) is 16.6. The van der Waals surface area contributed by atoms with Crippen molar-refractivity contribution < 1.29 is 18.0 Å². The first kappa shape index (κ1) is 21.9. The average Bonchev–Trinajstić information content (AvgIpc) is 3.50. The summed E-state index contributed by atoms with van der Waals surface area (Å²) in [6.45, 7) is 0.593. The Morgan fingerprint density at radius 2 is 1.91 bits per heavy atom. The molecule has 0 N–H and O–H groups in total. The third kappa shape index (κ3) is 4.73. The van der Waals surface area contributed by atoms with Crippen LogP contribution in [0.1, 0.15) is 57.7 Å². The smallest absolute Gasteiger partial charge is 0.254 e. The highest BCUT2D eigenvalue weighted by Crippen LogP contribution is 2.33. The van der Waals surface area contributed by atoms with Gasteiger partial charge in [0.05, 0.1) is 6.20 Å².